The van der Waals surface area contributed by atoms with Crippen LogP contribution in [-0.2, 0) is 4.79 Å². The van der Waals surface area contributed by atoms with Crippen molar-refractivity contribution in [2.75, 3.05) is 0 Å². The Morgan fingerprint density at radius 2 is 2.14 bits per heavy atom. The number of halogens is 1. The van der Waals surface area contributed by atoms with Gasteiger partial charge >= 0.3 is 5.97 Å². The van der Waals surface area contributed by atoms with E-state index in [0.717, 1.165) is 12.8 Å². The summed E-state index contributed by atoms with van der Waals surface area (Å²) in [5, 5.41) is 12.9. The molecule has 1 aliphatic carbocycles. The van der Waals surface area contributed by atoms with Crippen LogP contribution in [0.3, 0.4) is 0 Å². The topological polar surface area (TPSA) is 79.5 Å². The normalized spacial score (nSPS) is 15.9. The van der Waals surface area contributed by atoms with Gasteiger partial charge in [-0.3, -0.25) is 4.79 Å². The summed E-state index contributed by atoms with van der Waals surface area (Å²) in [5.74, 6) is -1.04. The second-order valence-corrected chi connectivity index (χ2v) is 5.77. The molecule has 1 atom stereocenters. The Hall–Kier alpha value is -2.01. The van der Waals surface area contributed by atoms with Crippen LogP contribution < -0.4 is 5.32 Å². The van der Waals surface area contributed by atoms with Crippen molar-refractivity contribution >= 4 is 34.4 Å². The molecule has 1 aliphatic rings. The number of carbonyl (C=O) groups is 2. The molecular formula is C15H14ClNO4. The zero-order chi connectivity index (χ0) is 15.0. The van der Waals surface area contributed by atoms with Crippen LogP contribution in [0.2, 0.25) is 5.02 Å². The Kier molecular flexibility index (Phi) is 3.59. The molecule has 5 nitrogen and oxygen atoms in total. The number of hydrogen-bond donors (Lipinski definition) is 2. The molecule has 0 bridgehead atoms. The number of carbonyl (C=O) groups excluding carboxylic acids is 1. The van der Waals surface area contributed by atoms with Crippen LogP contribution in [0.25, 0.3) is 11.0 Å². The maximum absolute atomic E-state index is 12.1. The van der Waals surface area contributed by atoms with Gasteiger partial charge in [0.1, 0.15) is 11.6 Å². The number of carboxylic acid groups (broad SMARTS) is 1. The van der Waals surface area contributed by atoms with E-state index in [9.17, 15) is 9.59 Å². The van der Waals surface area contributed by atoms with Crippen molar-refractivity contribution in [3.63, 3.8) is 0 Å². The standard InChI is InChI=1S/C15H14ClNO4/c16-10-3-4-12-9(6-10)7-13(21-12)14(18)17-11(15(19)20)5-8-1-2-8/h3-4,6-8,11H,1-2,5H2,(H,17,18)(H,19,20). The van der Waals surface area contributed by atoms with Gasteiger partial charge in [0.25, 0.3) is 5.91 Å². The summed E-state index contributed by atoms with van der Waals surface area (Å²) in [7, 11) is 0. The summed E-state index contributed by atoms with van der Waals surface area (Å²) < 4.78 is 5.42. The van der Waals surface area contributed by atoms with Crippen LogP contribution in [-0.4, -0.2) is 23.0 Å². The lowest BCUT2D eigenvalue weighted by atomic mass is 10.1. The number of fused-ring (bicyclic) bond motifs is 1. The van der Waals surface area contributed by atoms with Crippen LogP contribution in [0.4, 0.5) is 0 Å². The average Bonchev–Trinajstić information content (AvgIpc) is 3.14. The zero-order valence-electron chi connectivity index (χ0n) is 11.1. The Balaban J connectivity index is 1.77. The zero-order valence-corrected chi connectivity index (χ0v) is 11.9. The second-order valence-electron chi connectivity index (χ2n) is 5.34. The van der Waals surface area contributed by atoms with Crippen molar-refractivity contribution in [2.24, 2.45) is 5.92 Å². The van der Waals surface area contributed by atoms with E-state index in [1.165, 1.54) is 0 Å². The minimum absolute atomic E-state index is 0.0920. The molecule has 1 unspecified atom stereocenters. The van der Waals surface area contributed by atoms with Gasteiger partial charge in [0, 0.05) is 10.4 Å². The van der Waals surface area contributed by atoms with Crippen molar-refractivity contribution < 1.29 is 19.1 Å². The number of furan rings is 1. The molecule has 1 aromatic heterocycles. The maximum atomic E-state index is 12.1. The van der Waals surface area contributed by atoms with E-state index < -0.39 is 17.9 Å². The van der Waals surface area contributed by atoms with Crippen molar-refractivity contribution in [2.45, 2.75) is 25.3 Å². The fourth-order valence-corrected chi connectivity index (χ4v) is 2.44. The minimum Gasteiger partial charge on any atom is -0.480 e. The molecule has 2 N–H and O–H groups in total. The van der Waals surface area contributed by atoms with Crippen LogP contribution in [0.5, 0.6) is 0 Å². The van der Waals surface area contributed by atoms with Crippen LogP contribution in [0.1, 0.15) is 29.8 Å². The second kappa shape index (κ2) is 5.41. The molecule has 1 saturated carbocycles. The van der Waals surface area contributed by atoms with Gasteiger partial charge in [-0.25, -0.2) is 4.79 Å². The first kappa shape index (κ1) is 13.9. The first-order valence-corrected chi connectivity index (χ1v) is 7.13. The van der Waals surface area contributed by atoms with E-state index in [4.69, 9.17) is 21.1 Å². The summed E-state index contributed by atoms with van der Waals surface area (Å²) in [5.41, 5.74) is 0.540. The third kappa shape index (κ3) is 3.19. The van der Waals surface area contributed by atoms with Gasteiger partial charge < -0.3 is 14.8 Å². The maximum Gasteiger partial charge on any atom is 0.326 e. The number of hydrogen-bond acceptors (Lipinski definition) is 3. The quantitative estimate of drug-likeness (QED) is 0.889. The molecule has 21 heavy (non-hydrogen) atoms. The van der Waals surface area contributed by atoms with Crippen molar-refractivity contribution in [3.05, 3.63) is 35.0 Å². The Morgan fingerprint density at radius 1 is 1.38 bits per heavy atom. The van der Waals surface area contributed by atoms with Crippen molar-refractivity contribution in [3.8, 4) is 0 Å². The lowest BCUT2D eigenvalue weighted by Crippen LogP contribution is -2.41. The monoisotopic (exact) mass is 307 g/mol. The molecule has 1 amide bonds. The van der Waals surface area contributed by atoms with Gasteiger partial charge in [-0.2, -0.15) is 0 Å². The summed E-state index contributed by atoms with van der Waals surface area (Å²) in [6, 6.07) is 5.72. The van der Waals surface area contributed by atoms with E-state index in [1.54, 1.807) is 24.3 Å². The van der Waals surface area contributed by atoms with Crippen LogP contribution in [0, 0.1) is 5.92 Å². The summed E-state index contributed by atoms with van der Waals surface area (Å²) >= 11 is 5.88. The summed E-state index contributed by atoms with van der Waals surface area (Å²) in [4.78, 5) is 23.3. The molecule has 0 spiro atoms. The SMILES string of the molecule is O=C(NC(CC1CC1)C(=O)O)c1cc2cc(Cl)ccc2o1. The molecule has 2 aromatic rings. The number of carboxylic acids is 1. The number of benzene rings is 1. The minimum atomic E-state index is -1.02. The highest BCUT2D eigenvalue weighted by molar-refractivity contribution is 6.31. The first-order valence-electron chi connectivity index (χ1n) is 6.75. The van der Waals surface area contributed by atoms with Gasteiger partial charge in [-0.05, 0) is 36.6 Å². The Bertz CT molecular complexity index is 705. The molecule has 3 rings (SSSR count). The number of aliphatic carboxylic acids is 1. The molecule has 1 fully saturated rings. The molecule has 0 aliphatic heterocycles. The highest BCUT2D eigenvalue weighted by Gasteiger charge is 2.30. The molecule has 1 heterocycles. The molecular weight excluding hydrogens is 294 g/mol. The molecule has 0 radical (unpaired) electrons. The predicted molar refractivity (Wildman–Crippen MR) is 77.5 cm³/mol. The van der Waals surface area contributed by atoms with E-state index in [1.807, 2.05) is 0 Å². The number of nitrogens with one attached hydrogen (secondary N) is 1. The summed E-state index contributed by atoms with van der Waals surface area (Å²) in [6.07, 6.45) is 2.53. The highest BCUT2D eigenvalue weighted by atomic mass is 35.5. The van der Waals surface area contributed by atoms with E-state index in [0.29, 0.717) is 28.3 Å². The van der Waals surface area contributed by atoms with E-state index in [2.05, 4.69) is 5.32 Å². The van der Waals surface area contributed by atoms with Crippen LogP contribution >= 0.6 is 11.6 Å². The third-order valence-electron chi connectivity index (χ3n) is 3.57. The third-order valence-corrected chi connectivity index (χ3v) is 3.81. The Morgan fingerprint density at radius 3 is 2.81 bits per heavy atom. The molecule has 110 valence electrons. The van der Waals surface area contributed by atoms with Gasteiger partial charge in [0.15, 0.2) is 5.76 Å². The van der Waals surface area contributed by atoms with Gasteiger partial charge in [-0.15, -0.1) is 0 Å². The molecule has 1 aromatic carbocycles. The lowest BCUT2D eigenvalue weighted by Gasteiger charge is -2.12. The smallest absolute Gasteiger partial charge is 0.326 e. The first-order chi connectivity index (χ1) is 10.0. The largest absolute Gasteiger partial charge is 0.480 e. The number of amides is 1. The fraction of sp³-hybridized carbons (Fsp3) is 0.333. The van der Waals surface area contributed by atoms with E-state index in [-0.39, 0.29) is 5.76 Å². The van der Waals surface area contributed by atoms with Crippen LogP contribution in [0.15, 0.2) is 28.7 Å². The summed E-state index contributed by atoms with van der Waals surface area (Å²) in [6.45, 7) is 0. The number of rotatable bonds is 5. The average molecular weight is 308 g/mol. The van der Waals surface area contributed by atoms with Crippen molar-refractivity contribution in [1.29, 1.82) is 0 Å². The Labute approximate surface area is 125 Å². The van der Waals surface area contributed by atoms with E-state index >= 15 is 0 Å². The van der Waals surface area contributed by atoms with Crippen molar-refractivity contribution in [1.82, 2.24) is 5.32 Å². The lowest BCUT2D eigenvalue weighted by molar-refractivity contribution is -0.139. The molecule has 6 heteroatoms. The van der Waals surface area contributed by atoms with Gasteiger partial charge in [0.05, 0.1) is 0 Å². The highest BCUT2D eigenvalue weighted by Crippen LogP contribution is 2.33. The van der Waals surface area contributed by atoms with Gasteiger partial charge in [-0.1, -0.05) is 24.4 Å². The fourth-order valence-electron chi connectivity index (χ4n) is 2.26. The van der Waals surface area contributed by atoms with Gasteiger partial charge in [0.2, 0.25) is 0 Å². The predicted octanol–water partition coefficient (Wildman–Crippen LogP) is 3.07. The molecule has 0 saturated heterocycles.